The van der Waals surface area contributed by atoms with Gasteiger partial charge in [-0.1, -0.05) is 0 Å². The largest absolute Gasteiger partial charge is 0.394 e. The predicted molar refractivity (Wildman–Crippen MR) is 57.2 cm³/mol. The molecule has 0 fully saturated rings. The van der Waals surface area contributed by atoms with E-state index in [1.54, 1.807) is 34.6 Å². The van der Waals surface area contributed by atoms with Crippen molar-refractivity contribution in [3.8, 4) is 0 Å². The molecule has 3 N–H and O–H groups in total. The number of hydrogen-bond acceptors (Lipinski definition) is 3. The summed E-state index contributed by atoms with van der Waals surface area (Å²) in [7, 11) is 0. The number of hydrogen-bond donors (Lipinski definition) is 3. The van der Waals surface area contributed by atoms with Gasteiger partial charge in [-0.25, -0.2) is 0 Å². The number of carbonyl (C=O) groups excluding carboxylic acids is 2. The van der Waals surface area contributed by atoms with E-state index in [4.69, 9.17) is 5.11 Å². The van der Waals surface area contributed by atoms with Crippen LogP contribution in [-0.4, -0.2) is 34.6 Å². The molecule has 0 spiro atoms. The summed E-state index contributed by atoms with van der Waals surface area (Å²) < 4.78 is 0. The van der Waals surface area contributed by atoms with Gasteiger partial charge >= 0.3 is 11.8 Å². The highest BCUT2D eigenvalue weighted by atomic mass is 16.3. The molecule has 5 nitrogen and oxygen atoms in total. The number of aliphatic hydroxyl groups is 1. The zero-order valence-corrected chi connectivity index (χ0v) is 9.97. The monoisotopic (exact) mass is 216 g/mol. The second-order valence-electron chi connectivity index (χ2n) is 5.20. The summed E-state index contributed by atoms with van der Waals surface area (Å²) in [5, 5.41) is 13.9. The maximum atomic E-state index is 11.4. The molecule has 0 bridgehead atoms. The van der Waals surface area contributed by atoms with Crippen molar-refractivity contribution in [2.24, 2.45) is 0 Å². The fourth-order valence-electron chi connectivity index (χ4n) is 0.801. The van der Waals surface area contributed by atoms with Crippen LogP contribution >= 0.6 is 0 Å². The quantitative estimate of drug-likeness (QED) is 0.559. The lowest BCUT2D eigenvalue weighted by Crippen LogP contribution is -2.54. The van der Waals surface area contributed by atoms with Crippen LogP contribution < -0.4 is 10.6 Å². The molecule has 0 aliphatic rings. The van der Waals surface area contributed by atoms with Crippen LogP contribution in [0, 0.1) is 0 Å². The number of nitrogens with one attached hydrogen (secondary N) is 2. The molecule has 0 aromatic heterocycles. The number of carbonyl (C=O) groups is 2. The third kappa shape index (κ3) is 6.06. The first-order valence-electron chi connectivity index (χ1n) is 4.83. The van der Waals surface area contributed by atoms with Crippen LogP contribution in [-0.2, 0) is 9.59 Å². The molecule has 0 unspecified atom stereocenters. The Morgan fingerprint density at radius 3 is 1.73 bits per heavy atom. The van der Waals surface area contributed by atoms with Crippen molar-refractivity contribution in [2.45, 2.75) is 45.7 Å². The van der Waals surface area contributed by atoms with Gasteiger partial charge in [0.05, 0.1) is 12.1 Å². The van der Waals surface area contributed by atoms with Crippen molar-refractivity contribution in [1.82, 2.24) is 10.6 Å². The molecule has 0 heterocycles. The summed E-state index contributed by atoms with van der Waals surface area (Å²) in [6.07, 6.45) is 0. The van der Waals surface area contributed by atoms with Crippen LogP contribution in [0.2, 0.25) is 0 Å². The van der Waals surface area contributed by atoms with E-state index in [1.165, 1.54) is 0 Å². The molecule has 0 aromatic rings. The molecule has 0 aliphatic carbocycles. The lowest BCUT2D eigenvalue weighted by molar-refractivity contribution is -0.141. The van der Waals surface area contributed by atoms with Crippen molar-refractivity contribution >= 4 is 11.8 Å². The predicted octanol–water partition coefficient (Wildman–Crippen LogP) is -0.212. The van der Waals surface area contributed by atoms with Gasteiger partial charge in [0.2, 0.25) is 0 Å². The first kappa shape index (κ1) is 13.9. The van der Waals surface area contributed by atoms with Gasteiger partial charge in [-0.3, -0.25) is 9.59 Å². The zero-order chi connectivity index (χ0) is 12.3. The molecule has 0 aliphatic heterocycles. The lowest BCUT2D eigenvalue weighted by Gasteiger charge is -2.25. The van der Waals surface area contributed by atoms with E-state index in [9.17, 15) is 9.59 Å². The smallest absolute Gasteiger partial charge is 0.309 e. The molecule has 0 rings (SSSR count). The van der Waals surface area contributed by atoms with Crippen molar-refractivity contribution in [3.63, 3.8) is 0 Å². The van der Waals surface area contributed by atoms with Crippen LogP contribution in [0.3, 0.4) is 0 Å². The fourth-order valence-corrected chi connectivity index (χ4v) is 0.801. The molecule has 0 atom stereocenters. The van der Waals surface area contributed by atoms with E-state index in [-0.39, 0.29) is 6.61 Å². The number of rotatable bonds is 2. The molecular weight excluding hydrogens is 196 g/mol. The van der Waals surface area contributed by atoms with Gasteiger partial charge in [-0.05, 0) is 34.6 Å². The molecule has 0 aromatic carbocycles. The Balaban J connectivity index is 4.30. The summed E-state index contributed by atoms with van der Waals surface area (Å²) in [6.45, 7) is 8.41. The molecule has 5 heteroatoms. The van der Waals surface area contributed by atoms with Gasteiger partial charge in [-0.2, -0.15) is 0 Å². The van der Waals surface area contributed by atoms with Crippen LogP contribution in [0.5, 0.6) is 0 Å². The summed E-state index contributed by atoms with van der Waals surface area (Å²) in [5.74, 6) is -1.42. The number of aliphatic hydroxyl groups excluding tert-OH is 1. The first-order valence-corrected chi connectivity index (χ1v) is 4.83. The van der Waals surface area contributed by atoms with Crippen LogP contribution in [0.4, 0.5) is 0 Å². The van der Waals surface area contributed by atoms with Crippen LogP contribution in [0.25, 0.3) is 0 Å². The third-order valence-electron chi connectivity index (χ3n) is 1.54. The molecule has 0 saturated carbocycles. The zero-order valence-electron chi connectivity index (χ0n) is 9.97. The van der Waals surface area contributed by atoms with E-state index in [0.29, 0.717) is 0 Å². The second kappa shape index (κ2) is 4.61. The minimum Gasteiger partial charge on any atom is -0.394 e. The van der Waals surface area contributed by atoms with E-state index in [1.807, 2.05) is 0 Å². The molecule has 0 radical (unpaired) electrons. The Labute approximate surface area is 90.2 Å². The first-order chi connectivity index (χ1) is 6.57. The average Bonchev–Trinajstić information content (AvgIpc) is 2.00. The SMILES string of the molecule is CC(C)(C)NC(=O)C(=O)NC(C)(C)CO. The highest BCUT2D eigenvalue weighted by Crippen LogP contribution is 2.01. The molecular formula is C10H20N2O3. The average molecular weight is 216 g/mol. The Bertz CT molecular complexity index is 254. The highest BCUT2D eigenvalue weighted by Gasteiger charge is 2.25. The van der Waals surface area contributed by atoms with Crippen molar-refractivity contribution in [2.75, 3.05) is 6.61 Å². The van der Waals surface area contributed by atoms with Gasteiger partial charge in [0.1, 0.15) is 0 Å². The fraction of sp³-hybridized carbons (Fsp3) is 0.800. The standard InChI is InChI=1S/C10H20N2O3/c1-9(2,3)11-7(14)8(15)12-10(4,5)6-13/h13H,6H2,1-5H3,(H,11,14)(H,12,15). The molecule has 2 amide bonds. The molecule has 0 saturated heterocycles. The summed E-state index contributed by atoms with van der Waals surface area (Å²) >= 11 is 0. The normalized spacial score (nSPS) is 12.1. The Morgan fingerprint density at radius 1 is 1.00 bits per heavy atom. The van der Waals surface area contributed by atoms with Crippen LogP contribution in [0.1, 0.15) is 34.6 Å². The molecule has 15 heavy (non-hydrogen) atoms. The van der Waals surface area contributed by atoms with E-state index >= 15 is 0 Å². The Morgan fingerprint density at radius 2 is 1.40 bits per heavy atom. The lowest BCUT2D eigenvalue weighted by atomic mass is 10.1. The Kier molecular flexibility index (Phi) is 4.27. The minimum atomic E-state index is -0.785. The summed E-state index contributed by atoms with van der Waals surface area (Å²) in [4.78, 5) is 22.7. The van der Waals surface area contributed by atoms with E-state index < -0.39 is 22.9 Å². The maximum Gasteiger partial charge on any atom is 0.309 e. The van der Waals surface area contributed by atoms with Gasteiger partial charge in [0, 0.05) is 5.54 Å². The summed E-state index contributed by atoms with van der Waals surface area (Å²) in [5.41, 5.74) is -1.23. The van der Waals surface area contributed by atoms with Crippen molar-refractivity contribution in [3.05, 3.63) is 0 Å². The highest BCUT2D eigenvalue weighted by molar-refractivity contribution is 6.35. The van der Waals surface area contributed by atoms with Gasteiger partial charge < -0.3 is 15.7 Å². The topological polar surface area (TPSA) is 78.4 Å². The Hall–Kier alpha value is -1.10. The van der Waals surface area contributed by atoms with Gasteiger partial charge in [0.25, 0.3) is 0 Å². The van der Waals surface area contributed by atoms with E-state index in [0.717, 1.165) is 0 Å². The van der Waals surface area contributed by atoms with Gasteiger partial charge in [0.15, 0.2) is 0 Å². The number of amides is 2. The maximum absolute atomic E-state index is 11.4. The van der Waals surface area contributed by atoms with E-state index in [2.05, 4.69) is 10.6 Å². The van der Waals surface area contributed by atoms with Crippen molar-refractivity contribution in [1.29, 1.82) is 0 Å². The minimum absolute atomic E-state index is 0.221. The van der Waals surface area contributed by atoms with Gasteiger partial charge in [-0.15, -0.1) is 0 Å². The summed E-state index contributed by atoms with van der Waals surface area (Å²) in [6, 6.07) is 0. The third-order valence-corrected chi connectivity index (χ3v) is 1.54. The molecule has 88 valence electrons. The van der Waals surface area contributed by atoms with Crippen molar-refractivity contribution < 1.29 is 14.7 Å². The van der Waals surface area contributed by atoms with Crippen LogP contribution in [0.15, 0.2) is 0 Å². The second-order valence-corrected chi connectivity index (χ2v) is 5.20.